The van der Waals surface area contributed by atoms with E-state index in [1.165, 1.54) is 6.92 Å². The summed E-state index contributed by atoms with van der Waals surface area (Å²) >= 11 is 5.91. The van der Waals surface area contributed by atoms with Gasteiger partial charge in [-0.3, -0.25) is 4.79 Å². The zero-order valence-corrected chi connectivity index (χ0v) is 17.6. The summed E-state index contributed by atoms with van der Waals surface area (Å²) < 4.78 is 16.6. The summed E-state index contributed by atoms with van der Waals surface area (Å²) in [7, 11) is 0. The van der Waals surface area contributed by atoms with Crippen molar-refractivity contribution in [3.05, 3.63) is 53.1 Å². The van der Waals surface area contributed by atoms with E-state index < -0.39 is 18.0 Å². The van der Waals surface area contributed by atoms with Crippen LogP contribution in [0.4, 0.5) is 5.69 Å². The van der Waals surface area contributed by atoms with E-state index in [1.54, 1.807) is 42.5 Å². The average Bonchev–Trinajstić information content (AvgIpc) is 2.69. The fourth-order valence-electron chi connectivity index (χ4n) is 2.44. The average molecular weight is 420 g/mol. The smallest absolute Gasteiger partial charge is 0.339 e. The Bertz CT molecular complexity index is 840. The number of carbonyl (C=O) groups is 2. The molecule has 29 heavy (non-hydrogen) atoms. The second-order valence-corrected chi connectivity index (χ2v) is 6.78. The number of hydrogen-bond acceptors (Lipinski definition) is 5. The summed E-state index contributed by atoms with van der Waals surface area (Å²) in [6, 6.07) is 11.6. The number of ether oxygens (including phenoxy) is 3. The van der Waals surface area contributed by atoms with Gasteiger partial charge in [0, 0.05) is 10.7 Å². The quantitative estimate of drug-likeness (QED) is 0.428. The van der Waals surface area contributed by atoms with Crippen LogP contribution in [0.2, 0.25) is 5.02 Å². The van der Waals surface area contributed by atoms with E-state index >= 15 is 0 Å². The van der Waals surface area contributed by atoms with Crippen LogP contribution < -0.4 is 14.8 Å². The fourth-order valence-corrected chi connectivity index (χ4v) is 2.63. The van der Waals surface area contributed by atoms with Crippen LogP contribution in [0.5, 0.6) is 11.5 Å². The molecule has 0 fully saturated rings. The fraction of sp³-hybridized carbons (Fsp3) is 0.364. The number of rotatable bonds is 10. The summed E-state index contributed by atoms with van der Waals surface area (Å²) in [5.41, 5.74) is 0.802. The Labute approximate surface area is 176 Å². The minimum atomic E-state index is -0.988. The molecule has 1 amide bonds. The molecule has 1 N–H and O–H groups in total. The number of hydrogen-bond donors (Lipinski definition) is 1. The molecule has 0 bridgehead atoms. The largest absolute Gasteiger partial charge is 0.490 e. The van der Waals surface area contributed by atoms with Crippen LogP contribution in [0.1, 0.15) is 44.0 Å². The first kappa shape index (κ1) is 22.6. The molecule has 7 heteroatoms. The SMILES string of the molecule is CCCCOc1ccc(C(=O)O[C@H](C)C(=O)Nc2cccc(Cl)c2)cc1OCC. The van der Waals surface area contributed by atoms with Crippen molar-refractivity contribution >= 4 is 29.2 Å². The van der Waals surface area contributed by atoms with Crippen molar-refractivity contribution in [2.24, 2.45) is 0 Å². The molecule has 0 unspecified atom stereocenters. The van der Waals surface area contributed by atoms with Crippen LogP contribution in [0.15, 0.2) is 42.5 Å². The monoisotopic (exact) mass is 419 g/mol. The zero-order valence-electron chi connectivity index (χ0n) is 16.9. The van der Waals surface area contributed by atoms with Crippen molar-refractivity contribution in [1.29, 1.82) is 0 Å². The van der Waals surface area contributed by atoms with Gasteiger partial charge < -0.3 is 19.5 Å². The number of halogens is 1. The van der Waals surface area contributed by atoms with Crippen molar-refractivity contribution in [3.63, 3.8) is 0 Å². The third-order valence-corrected chi connectivity index (χ3v) is 4.22. The lowest BCUT2D eigenvalue weighted by molar-refractivity contribution is -0.123. The van der Waals surface area contributed by atoms with Gasteiger partial charge in [-0.2, -0.15) is 0 Å². The van der Waals surface area contributed by atoms with Gasteiger partial charge in [-0.15, -0.1) is 0 Å². The van der Waals surface area contributed by atoms with Gasteiger partial charge in [0.1, 0.15) is 0 Å². The lowest BCUT2D eigenvalue weighted by Crippen LogP contribution is -2.30. The van der Waals surface area contributed by atoms with E-state index in [-0.39, 0.29) is 5.56 Å². The summed E-state index contributed by atoms with van der Waals surface area (Å²) in [6.07, 6.45) is 0.954. The third kappa shape index (κ3) is 6.98. The first-order chi connectivity index (χ1) is 13.9. The van der Waals surface area contributed by atoms with Crippen molar-refractivity contribution in [2.45, 2.75) is 39.7 Å². The third-order valence-electron chi connectivity index (χ3n) is 3.98. The molecule has 0 saturated heterocycles. The summed E-state index contributed by atoms with van der Waals surface area (Å²) in [4.78, 5) is 24.8. The molecule has 2 aromatic carbocycles. The molecule has 2 aromatic rings. The lowest BCUT2D eigenvalue weighted by Gasteiger charge is -2.15. The number of amides is 1. The van der Waals surface area contributed by atoms with E-state index in [9.17, 15) is 9.59 Å². The van der Waals surface area contributed by atoms with Crippen LogP contribution in [-0.2, 0) is 9.53 Å². The topological polar surface area (TPSA) is 73.9 Å². The molecule has 0 aliphatic heterocycles. The van der Waals surface area contributed by atoms with Crippen LogP contribution in [0.25, 0.3) is 0 Å². The Hall–Kier alpha value is -2.73. The van der Waals surface area contributed by atoms with Gasteiger partial charge in [0.05, 0.1) is 18.8 Å². The molecule has 0 radical (unpaired) electrons. The summed E-state index contributed by atoms with van der Waals surface area (Å²) in [5.74, 6) is -0.0392. The van der Waals surface area contributed by atoms with E-state index in [2.05, 4.69) is 12.2 Å². The van der Waals surface area contributed by atoms with E-state index in [0.29, 0.717) is 35.4 Å². The zero-order chi connectivity index (χ0) is 21.2. The first-order valence-corrected chi connectivity index (χ1v) is 9.99. The lowest BCUT2D eigenvalue weighted by atomic mass is 10.2. The molecule has 2 rings (SSSR count). The molecule has 0 saturated carbocycles. The van der Waals surface area contributed by atoms with Gasteiger partial charge in [-0.25, -0.2) is 4.79 Å². The number of unbranched alkanes of at least 4 members (excludes halogenated alkanes) is 1. The molecule has 0 aliphatic rings. The molecule has 0 heterocycles. The number of carbonyl (C=O) groups excluding carboxylic acids is 2. The highest BCUT2D eigenvalue weighted by Gasteiger charge is 2.20. The summed E-state index contributed by atoms with van der Waals surface area (Å²) in [6.45, 7) is 6.43. The second kappa shape index (κ2) is 11.3. The minimum Gasteiger partial charge on any atom is -0.490 e. The number of nitrogens with one attached hydrogen (secondary N) is 1. The van der Waals surface area contributed by atoms with Gasteiger partial charge in [0.25, 0.3) is 5.91 Å². The molecule has 156 valence electrons. The normalized spacial score (nSPS) is 11.4. The Balaban J connectivity index is 2.02. The van der Waals surface area contributed by atoms with Gasteiger partial charge in [-0.05, 0) is 56.7 Å². The maximum absolute atomic E-state index is 12.5. The first-order valence-electron chi connectivity index (χ1n) is 9.61. The van der Waals surface area contributed by atoms with E-state index in [4.69, 9.17) is 25.8 Å². The van der Waals surface area contributed by atoms with Gasteiger partial charge in [0.2, 0.25) is 0 Å². The van der Waals surface area contributed by atoms with Crippen molar-refractivity contribution in [3.8, 4) is 11.5 Å². The Morgan fingerprint density at radius 2 is 1.86 bits per heavy atom. The molecular weight excluding hydrogens is 394 g/mol. The van der Waals surface area contributed by atoms with Crippen molar-refractivity contribution < 1.29 is 23.8 Å². The summed E-state index contributed by atoms with van der Waals surface area (Å²) in [5, 5.41) is 3.16. The molecule has 1 atom stereocenters. The second-order valence-electron chi connectivity index (χ2n) is 6.34. The van der Waals surface area contributed by atoms with Gasteiger partial charge >= 0.3 is 5.97 Å². The predicted octanol–water partition coefficient (Wildman–Crippen LogP) is 5.10. The minimum absolute atomic E-state index is 0.277. The maximum Gasteiger partial charge on any atom is 0.339 e. The predicted molar refractivity (Wildman–Crippen MR) is 113 cm³/mol. The van der Waals surface area contributed by atoms with Gasteiger partial charge in [-0.1, -0.05) is 31.0 Å². The van der Waals surface area contributed by atoms with Crippen LogP contribution in [-0.4, -0.2) is 31.2 Å². The molecule has 6 nitrogen and oxygen atoms in total. The van der Waals surface area contributed by atoms with Crippen molar-refractivity contribution in [1.82, 2.24) is 0 Å². The van der Waals surface area contributed by atoms with E-state index in [1.807, 2.05) is 6.92 Å². The molecule has 0 spiro atoms. The van der Waals surface area contributed by atoms with Crippen LogP contribution in [0, 0.1) is 0 Å². The molecule has 0 aromatic heterocycles. The highest BCUT2D eigenvalue weighted by molar-refractivity contribution is 6.30. The standard InChI is InChI=1S/C22H26ClNO5/c1-4-6-12-28-19-11-10-16(13-20(19)27-5-2)22(26)29-15(3)21(25)24-18-9-7-8-17(23)14-18/h7-11,13-15H,4-6,12H2,1-3H3,(H,24,25)/t15-/m1/s1. The van der Waals surface area contributed by atoms with Crippen molar-refractivity contribution in [2.75, 3.05) is 18.5 Å². The highest BCUT2D eigenvalue weighted by atomic mass is 35.5. The number of esters is 1. The highest BCUT2D eigenvalue weighted by Crippen LogP contribution is 2.29. The van der Waals surface area contributed by atoms with Crippen LogP contribution >= 0.6 is 11.6 Å². The molecular formula is C22H26ClNO5. The maximum atomic E-state index is 12.5. The number of anilines is 1. The van der Waals surface area contributed by atoms with Gasteiger partial charge in [0.15, 0.2) is 17.6 Å². The Morgan fingerprint density at radius 3 is 2.55 bits per heavy atom. The molecule has 0 aliphatic carbocycles. The number of benzene rings is 2. The van der Waals surface area contributed by atoms with E-state index in [0.717, 1.165) is 12.8 Å². The Morgan fingerprint density at radius 1 is 1.07 bits per heavy atom. The van der Waals surface area contributed by atoms with Crippen LogP contribution in [0.3, 0.4) is 0 Å². The Kier molecular flexibility index (Phi) is 8.80.